The molecule has 0 heterocycles. The number of halogens is 1. The largest absolute Gasteiger partial charge is 0.352 e. The van der Waals surface area contributed by atoms with Crippen molar-refractivity contribution in [1.29, 1.82) is 0 Å². The van der Waals surface area contributed by atoms with E-state index in [1.165, 1.54) is 4.90 Å². The minimum Gasteiger partial charge on any atom is -0.352 e. The highest BCUT2D eigenvalue weighted by Gasteiger charge is 2.33. The monoisotopic (exact) mass is 569 g/mol. The summed E-state index contributed by atoms with van der Waals surface area (Å²) in [5, 5.41) is 3.38. The molecule has 3 rings (SSSR count). The van der Waals surface area contributed by atoms with E-state index in [2.05, 4.69) is 5.32 Å². The third kappa shape index (κ3) is 8.31. The Kier molecular flexibility index (Phi) is 10.2. The molecular weight excluding hydrogens is 534 g/mol. The lowest BCUT2D eigenvalue weighted by Gasteiger charge is -2.34. The molecule has 39 heavy (non-hydrogen) atoms. The molecule has 9 heteroatoms. The molecule has 7 nitrogen and oxygen atoms in total. The van der Waals surface area contributed by atoms with Crippen LogP contribution in [0.5, 0.6) is 0 Å². The summed E-state index contributed by atoms with van der Waals surface area (Å²) in [7, 11) is -3.83. The number of nitrogens with zero attached hydrogens (tertiary/aromatic N) is 2. The van der Waals surface area contributed by atoms with Gasteiger partial charge in [0.25, 0.3) is 0 Å². The van der Waals surface area contributed by atoms with Crippen molar-refractivity contribution in [2.75, 3.05) is 17.1 Å². The predicted octanol–water partition coefficient (Wildman–Crippen LogP) is 4.89. The molecule has 3 aromatic carbocycles. The Bertz CT molecular complexity index is 1410. The Morgan fingerprint density at radius 1 is 0.949 bits per heavy atom. The van der Waals surface area contributed by atoms with Crippen molar-refractivity contribution in [3.05, 3.63) is 100 Å². The molecule has 0 bridgehead atoms. The van der Waals surface area contributed by atoms with Crippen LogP contribution in [0.25, 0.3) is 0 Å². The summed E-state index contributed by atoms with van der Waals surface area (Å²) < 4.78 is 27.0. The van der Waals surface area contributed by atoms with E-state index < -0.39 is 28.5 Å². The van der Waals surface area contributed by atoms with Gasteiger partial charge < -0.3 is 10.2 Å². The van der Waals surface area contributed by atoms with Gasteiger partial charge in [-0.25, -0.2) is 8.42 Å². The predicted molar refractivity (Wildman–Crippen MR) is 157 cm³/mol. The minimum absolute atomic E-state index is 0.0337. The Morgan fingerprint density at radius 3 is 2.18 bits per heavy atom. The number of hydrogen-bond donors (Lipinski definition) is 1. The van der Waals surface area contributed by atoms with Crippen LogP contribution < -0.4 is 9.62 Å². The Balaban J connectivity index is 2.08. The fraction of sp³-hybridized carbons (Fsp3) is 0.333. The highest BCUT2D eigenvalue weighted by Crippen LogP contribution is 2.25. The van der Waals surface area contributed by atoms with Gasteiger partial charge >= 0.3 is 0 Å². The first-order chi connectivity index (χ1) is 18.4. The zero-order chi connectivity index (χ0) is 28.7. The number of amides is 2. The Morgan fingerprint density at radius 2 is 1.59 bits per heavy atom. The van der Waals surface area contributed by atoms with Crippen LogP contribution in [0.15, 0.2) is 72.8 Å². The van der Waals surface area contributed by atoms with Crippen molar-refractivity contribution in [2.45, 2.75) is 52.7 Å². The zero-order valence-corrected chi connectivity index (χ0v) is 24.6. The molecule has 0 aliphatic heterocycles. The highest BCUT2D eigenvalue weighted by molar-refractivity contribution is 7.92. The first kappa shape index (κ1) is 30.2. The van der Waals surface area contributed by atoms with Crippen LogP contribution in [0, 0.1) is 13.8 Å². The first-order valence-electron chi connectivity index (χ1n) is 12.8. The molecule has 1 atom stereocenters. The van der Waals surface area contributed by atoms with Crippen LogP contribution in [0.1, 0.15) is 36.1 Å². The van der Waals surface area contributed by atoms with Gasteiger partial charge in [0.05, 0.1) is 11.9 Å². The van der Waals surface area contributed by atoms with E-state index in [0.29, 0.717) is 16.3 Å². The third-order valence-corrected chi connectivity index (χ3v) is 7.80. The normalized spacial score (nSPS) is 12.2. The molecular formula is C30H36ClN3O4S. The van der Waals surface area contributed by atoms with E-state index in [0.717, 1.165) is 27.3 Å². The van der Waals surface area contributed by atoms with Crippen LogP contribution >= 0.6 is 11.6 Å². The van der Waals surface area contributed by atoms with Gasteiger partial charge in [-0.05, 0) is 56.5 Å². The molecule has 0 saturated heterocycles. The summed E-state index contributed by atoms with van der Waals surface area (Å²) in [5.74, 6) is -0.841. The van der Waals surface area contributed by atoms with E-state index in [1.54, 1.807) is 37.3 Å². The number of carbonyl (C=O) groups excluding carboxylic acids is 2. The molecule has 0 fully saturated rings. The lowest BCUT2D eigenvalue weighted by molar-refractivity contribution is -0.140. The molecule has 0 spiro atoms. The van der Waals surface area contributed by atoms with Crippen LogP contribution in [0.4, 0.5) is 5.69 Å². The van der Waals surface area contributed by atoms with Crippen molar-refractivity contribution in [3.8, 4) is 0 Å². The van der Waals surface area contributed by atoms with Gasteiger partial charge in [0.1, 0.15) is 12.6 Å². The van der Waals surface area contributed by atoms with Crippen molar-refractivity contribution in [3.63, 3.8) is 0 Å². The number of anilines is 1. The van der Waals surface area contributed by atoms with Crippen LogP contribution in [-0.4, -0.2) is 50.0 Å². The summed E-state index contributed by atoms with van der Waals surface area (Å²) in [6.45, 7) is 6.99. The van der Waals surface area contributed by atoms with Gasteiger partial charge in [-0.15, -0.1) is 0 Å². The van der Waals surface area contributed by atoms with Gasteiger partial charge in [0.15, 0.2) is 0 Å². The summed E-state index contributed by atoms with van der Waals surface area (Å²) >= 11 is 6.47. The van der Waals surface area contributed by atoms with Crippen LogP contribution in [0.3, 0.4) is 0 Å². The minimum atomic E-state index is -3.83. The fourth-order valence-corrected chi connectivity index (χ4v) is 5.53. The highest BCUT2D eigenvalue weighted by atomic mass is 35.5. The van der Waals surface area contributed by atoms with Crippen molar-refractivity contribution in [1.82, 2.24) is 10.2 Å². The second-order valence-corrected chi connectivity index (χ2v) is 12.4. The first-order valence-corrected chi connectivity index (χ1v) is 15.0. The molecule has 0 aliphatic rings. The number of benzene rings is 3. The maximum atomic E-state index is 14.1. The van der Waals surface area contributed by atoms with E-state index in [9.17, 15) is 18.0 Å². The van der Waals surface area contributed by atoms with E-state index in [4.69, 9.17) is 11.6 Å². The van der Waals surface area contributed by atoms with Crippen molar-refractivity contribution < 1.29 is 18.0 Å². The second-order valence-electron chi connectivity index (χ2n) is 10.0. The number of nitrogens with one attached hydrogen (secondary N) is 1. The molecule has 0 aliphatic carbocycles. The van der Waals surface area contributed by atoms with Crippen LogP contribution in [0.2, 0.25) is 5.02 Å². The van der Waals surface area contributed by atoms with E-state index in [-0.39, 0.29) is 24.9 Å². The quantitative estimate of drug-likeness (QED) is 0.356. The molecule has 1 N–H and O–H groups in total. The number of hydrogen-bond acceptors (Lipinski definition) is 4. The topological polar surface area (TPSA) is 86.8 Å². The summed E-state index contributed by atoms with van der Waals surface area (Å²) in [5.41, 5.74) is 3.64. The number of aryl methyl sites for hydroxylation is 2. The number of sulfonamides is 1. The maximum Gasteiger partial charge on any atom is 0.244 e. The van der Waals surface area contributed by atoms with Gasteiger partial charge in [-0.1, -0.05) is 77.8 Å². The number of rotatable bonds is 11. The molecule has 3 aromatic rings. The average Bonchev–Trinajstić information content (AvgIpc) is 2.85. The third-order valence-electron chi connectivity index (χ3n) is 6.30. The summed E-state index contributed by atoms with van der Waals surface area (Å²) in [4.78, 5) is 29.1. The summed E-state index contributed by atoms with van der Waals surface area (Å²) in [6, 6.07) is 20.8. The molecule has 0 unspecified atom stereocenters. The van der Waals surface area contributed by atoms with Gasteiger partial charge in [0, 0.05) is 24.0 Å². The molecule has 0 saturated carbocycles. The number of carbonyl (C=O) groups is 2. The maximum absolute atomic E-state index is 14.1. The summed E-state index contributed by atoms with van der Waals surface area (Å²) in [6.07, 6.45) is 1.32. The lowest BCUT2D eigenvalue weighted by Crippen LogP contribution is -2.54. The smallest absolute Gasteiger partial charge is 0.244 e. The standard InChI is InChI=1S/C30H36ClN3O4S/c1-21(2)32-30(36)28(18-24-11-7-6-8-12-24)33(19-25-13-9-10-14-26(25)31)29(35)20-34(39(5,37)38)27-16-15-22(3)17-23(27)4/h6-17,21,28H,18-20H2,1-5H3,(H,32,36)/t28-/m0/s1. The molecule has 0 radical (unpaired) electrons. The lowest BCUT2D eigenvalue weighted by atomic mass is 10.0. The van der Waals surface area contributed by atoms with Crippen molar-refractivity contribution >= 4 is 39.1 Å². The van der Waals surface area contributed by atoms with Gasteiger partial charge in [-0.3, -0.25) is 13.9 Å². The Hall–Kier alpha value is -3.36. The second kappa shape index (κ2) is 13.1. The van der Waals surface area contributed by atoms with E-state index >= 15 is 0 Å². The SMILES string of the molecule is Cc1ccc(N(CC(=O)N(Cc2ccccc2Cl)[C@@H](Cc2ccccc2)C(=O)NC(C)C)S(C)(=O)=O)c(C)c1. The molecule has 208 valence electrons. The molecule has 2 amide bonds. The molecule has 0 aromatic heterocycles. The Labute approximate surface area is 236 Å². The van der Waals surface area contributed by atoms with Gasteiger partial charge in [-0.2, -0.15) is 0 Å². The van der Waals surface area contributed by atoms with Crippen LogP contribution in [-0.2, 0) is 32.6 Å². The van der Waals surface area contributed by atoms with Crippen molar-refractivity contribution in [2.24, 2.45) is 0 Å². The fourth-order valence-electron chi connectivity index (χ4n) is 4.42. The average molecular weight is 570 g/mol. The van der Waals surface area contributed by atoms with E-state index in [1.807, 2.05) is 63.2 Å². The zero-order valence-electron chi connectivity index (χ0n) is 23.0. The van der Waals surface area contributed by atoms with Gasteiger partial charge in [0.2, 0.25) is 21.8 Å².